The maximum atomic E-state index is 11.2. The fraction of sp³-hybridized carbons (Fsp3) is 0.929. The number of hydrogen-bond donors (Lipinski definition) is 0. The molecular formula is C14H28O5. The van der Waals surface area contributed by atoms with E-state index in [9.17, 15) is 4.79 Å². The second-order valence-corrected chi connectivity index (χ2v) is 4.10. The van der Waals surface area contributed by atoms with Gasteiger partial charge in [-0.15, -0.1) is 0 Å². The summed E-state index contributed by atoms with van der Waals surface area (Å²) in [5.41, 5.74) is 0. The van der Waals surface area contributed by atoms with E-state index in [4.69, 9.17) is 18.9 Å². The standard InChI is InChI=1S/C14H28O5/c1-3-5-9-19-14(15)7-6-8-17-12-13-18-11-10-16-4-2/h3-13H2,1-2H3. The largest absolute Gasteiger partial charge is 0.466 e. The van der Waals surface area contributed by atoms with Gasteiger partial charge >= 0.3 is 5.97 Å². The van der Waals surface area contributed by atoms with Crippen LogP contribution in [0.15, 0.2) is 0 Å². The van der Waals surface area contributed by atoms with Crippen molar-refractivity contribution in [1.29, 1.82) is 0 Å². The van der Waals surface area contributed by atoms with E-state index >= 15 is 0 Å². The molecule has 0 fully saturated rings. The lowest BCUT2D eigenvalue weighted by molar-refractivity contribution is -0.144. The Labute approximate surface area is 116 Å². The molecule has 0 N–H and O–H groups in total. The molecule has 0 rings (SSSR count). The van der Waals surface area contributed by atoms with Gasteiger partial charge in [-0.25, -0.2) is 0 Å². The Morgan fingerprint density at radius 2 is 1.42 bits per heavy atom. The van der Waals surface area contributed by atoms with Crippen molar-refractivity contribution < 1.29 is 23.7 Å². The molecular weight excluding hydrogens is 248 g/mol. The normalized spacial score (nSPS) is 10.6. The molecule has 114 valence electrons. The van der Waals surface area contributed by atoms with Gasteiger partial charge in [-0.3, -0.25) is 4.79 Å². The summed E-state index contributed by atoms with van der Waals surface area (Å²) in [6, 6.07) is 0. The van der Waals surface area contributed by atoms with E-state index in [2.05, 4.69) is 6.92 Å². The van der Waals surface area contributed by atoms with Crippen molar-refractivity contribution in [2.45, 2.75) is 39.5 Å². The minimum Gasteiger partial charge on any atom is -0.466 e. The lowest BCUT2D eigenvalue weighted by Gasteiger charge is -2.06. The van der Waals surface area contributed by atoms with E-state index in [1.807, 2.05) is 6.92 Å². The Bertz CT molecular complexity index is 196. The predicted molar refractivity (Wildman–Crippen MR) is 73.2 cm³/mol. The quantitative estimate of drug-likeness (QED) is 0.359. The summed E-state index contributed by atoms with van der Waals surface area (Å²) in [7, 11) is 0. The molecule has 0 radical (unpaired) electrons. The predicted octanol–water partition coefficient (Wildman–Crippen LogP) is 2.18. The summed E-state index contributed by atoms with van der Waals surface area (Å²) in [6.07, 6.45) is 3.10. The highest BCUT2D eigenvalue weighted by atomic mass is 16.5. The van der Waals surface area contributed by atoms with Crippen LogP contribution in [0.5, 0.6) is 0 Å². The molecule has 0 aliphatic heterocycles. The summed E-state index contributed by atoms with van der Waals surface area (Å²) in [5, 5.41) is 0. The average molecular weight is 276 g/mol. The SMILES string of the molecule is CCCCOC(=O)CCCOCCOCCOCC. The van der Waals surface area contributed by atoms with Gasteiger partial charge in [-0.1, -0.05) is 13.3 Å². The molecule has 0 saturated carbocycles. The first-order valence-corrected chi connectivity index (χ1v) is 7.20. The number of carbonyl (C=O) groups excluding carboxylic acids is 1. The molecule has 0 spiro atoms. The molecule has 0 aromatic carbocycles. The third-order valence-corrected chi connectivity index (χ3v) is 2.38. The van der Waals surface area contributed by atoms with Gasteiger partial charge in [0.1, 0.15) is 0 Å². The first kappa shape index (κ1) is 18.4. The monoisotopic (exact) mass is 276 g/mol. The van der Waals surface area contributed by atoms with E-state index in [0.717, 1.165) is 12.8 Å². The summed E-state index contributed by atoms with van der Waals surface area (Å²) in [5.74, 6) is -0.134. The third-order valence-electron chi connectivity index (χ3n) is 2.38. The molecule has 0 aliphatic carbocycles. The van der Waals surface area contributed by atoms with Crippen LogP contribution in [-0.4, -0.2) is 52.2 Å². The van der Waals surface area contributed by atoms with Crippen molar-refractivity contribution in [2.75, 3.05) is 46.2 Å². The zero-order valence-electron chi connectivity index (χ0n) is 12.3. The van der Waals surface area contributed by atoms with Crippen LogP contribution in [0.2, 0.25) is 0 Å². The van der Waals surface area contributed by atoms with Gasteiger partial charge < -0.3 is 18.9 Å². The van der Waals surface area contributed by atoms with Crippen LogP contribution in [0.4, 0.5) is 0 Å². The Balaban J connectivity index is 3.07. The van der Waals surface area contributed by atoms with Crippen LogP contribution in [0.25, 0.3) is 0 Å². The van der Waals surface area contributed by atoms with Gasteiger partial charge in [-0.2, -0.15) is 0 Å². The Hall–Kier alpha value is -0.650. The topological polar surface area (TPSA) is 54.0 Å². The smallest absolute Gasteiger partial charge is 0.305 e. The minimum absolute atomic E-state index is 0.134. The first-order valence-electron chi connectivity index (χ1n) is 7.20. The van der Waals surface area contributed by atoms with E-state index < -0.39 is 0 Å². The molecule has 0 unspecified atom stereocenters. The fourth-order valence-electron chi connectivity index (χ4n) is 1.31. The molecule has 0 aromatic rings. The number of hydrogen-bond acceptors (Lipinski definition) is 5. The van der Waals surface area contributed by atoms with Gasteiger partial charge in [0.25, 0.3) is 0 Å². The van der Waals surface area contributed by atoms with Crippen molar-refractivity contribution in [3.63, 3.8) is 0 Å². The molecule has 0 amide bonds. The Morgan fingerprint density at radius 3 is 2.05 bits per heavy atom. The summed E-state index contributed by atoms with van der Waals surface area (Å²) in [6.45, 7) is 8.18. The van der Waals surface area contributed by atoms with Crippen LogP contribution < -0.4 is 0 Å². The van der Waals surface area contributed by atoms with Gasteiger partial charge in [0.05, 0.1) is 33.0 Å². The van der Waals surface area contributed by atoms with Crippen LogP contribution in [0.1, 0.15) is 39.5 Å². The number of carbonyl (C=O) groups is 1. The second kappa shape index (κ2) is 15.4. The number of ether oxygens (including phenoxy) is 4. The summed E-state index contributed by atoms with van der Waals surface area (Å²) >= 11 is 0. The first-order chi connectivity index (χ1) is 9.31. The van der Waals surface area contributed by atoms with E-state index in [0.29, 0.717) is 59.1 Å². The lowest BCUT2D eigenvalue weighted by atomic mass is 10.3. The Kier molecular flexibility index (Phi) is 14.9. The number of rotatable bonds is 14. The maximum absolute atomic E-state index is 11.2. The van der Waals surface area contributed by atoms with Crippen molar-refractivity contribution in [2.24, 2.45) is 0 Å². The molecule has 5 heteroatoms. The van der Waals surface area contributed by atoms with E-state index in [1.165, 1.54) is 0 Å². The lowest BCUT2D eigenvalue weighted by Crippen LogP contribution is -2.11. The maximum Gasteiger partial charge on any atom is 0.305 e. The highest BCUT2D eigenvalue weighted by Crippen LogP contribution is 1.96. The molecule has 0 atom stereocenters. The van der Waals surface area contributed by atoms with Crippen LogP contribution >= 0.6 is 0 Å². The number of unbranched alkanes of at least 4 members (excludes halogenated alkanes) is 1. The van der Waals surface area contributed by atoms with Gasteiger partial charge in [0, 0.05) is 19.6 Å². The zero-order valence-corrected chi connectivity index (χ0v) is 12.3. The van der Waals surface area contributed by atoms with E-state index in [1.54, 1.807) is 0 Å². The van der Waals surface area contributed by atoms with Gasteiger partial charge in [-0.05, 0) is 19.8 Å². The molecule has 0 heterocycles. The molecule has 19 heavy (non-hydrogen) atoms. The van der Waals surface area contributed by atoms with Crippen molar-refractivity contribution >= 4 is 5.97 Å². The molecule has 0 saturated heterocycles. The molecule has 0 aromatic heterocycles. The summed E-state index contributed by atoms with van der Waals surface area (Å²) in [4.78, 5) is 11.2. The fourth-order valence-corrected chi connectivity index (χ4v) is 1.31. The second-order valence-electron chi connectivity index (χ2n) is 4.10. The summed E-state index contributed by atoms with van der Waals surface area (Å²) < 4.78 is 20.8. The van der Waals surface area contributed by atoms with Crippen LogP contribution in [0, 0.1) is 0 Å². The van der Waals surface area contributed by atoms with E-state index in [-0.39, 0.29) is 5.97 Å². The van der Waals surface area contributed by atoms with Gasteiger partial charge in [0.2, 0.25) is 0 Å². The third kappa shape index (κ3) is 15.3. The van der Waals surface area contributed by atoms with Gasteiger partial charge in [0.15, 0.2) is 0 Å². The molecule has 5 nitrogen and oxygen atoms in total. The average Bonchev–Trinajstić information content (AvgIpc) is 2.41. The Morgan fingerprint density at radius 1 is 0.789 bits per heavy atom. The van der Waals surface area contributed by atoms with Crippen molar-refractivity contribution in [3.05, 3.63) is 0 Å². The van der Waals surface area contributed by atoms with Crippen LogP contribution in [0.3, 0.4) is 0 Å². The van der Waals surface area contributed by atoms with Crippen molar-refractivity contribution in [1.82, 2.24) is 0 Å². The molecule has 0 aliphatic rings. The van der Waals surface area contributed by atoms with Crippen molar-refractivity contribution in [3.8, 4) is 0 Å². The highest BCUT2D eigenvalue weighted by Gasteiger charge is 2.01. The zero-order chi connectivity index (χ0) is 14.2. The molecule has 0 bridgehead atoms. The number of esters is 1. The van der Waals surface area contributed by atoms with Crippen LogP contribution in [-0.2, 0) is 23.7 Å². The minimum atomic E-state index is -0.134. The highest BCUT2D eigenvalue weighted by molar-refractivity contribution is 5.69.